The van der Waals surface area contributed by atoms with Gasteiger partial charge in [0.25, 0.3) is 0 Å². The summed E-state index contributed by atoms with van der Waals surface area (Å²) in [7, 11) is 0. The molecule has 4 N–H and O–H groups in total. The van der Waals surface area contributed by atoms with Crippen LogP contribution in [-0.4, -0.2) is 28.5 Å². The van der Waals surface area contributed by atoms with Crippen LogP contribution in [-0.2, 0) is 6.61 Å². The van der Waals surface area contributed by atoms with Crippen molar-refractivity contribution >= 4 is 0 Å². The van der Waals surface area contributed by atoms with E-state index < -0.39 is 5.60 Å². The van der Waals surface area contributed by atoms with Crippen molar-refractivity contribution in [3.8, 4) is 5.75 Å². The molecule has 0 aliphatic rings. The summed E-state index contributed by atoms with van der Waals surface area (Å²) in [6.07, 6.45) is 0.329. The molecule has 1 aromatic rings. The van der Waals surface area contributed by atoms with Crippen LogP contribution in [0.5, 0.6) is 5.75 Å². The standard InChI is InChI=1S/C13H21NO3/c1-10(7-13(2,16)9-14)17-12-5-3-4-11(6-12)8-15/h3-6,10,15-16H,7-9,14H2,1-2H3. The zero-order valence-electron chi connectivity index (χ0n) is 10.4. The van der Waals surface area contributed by atoms with Gasteiger partial charge in [-0.2, -0.15) is 0 Å². The minimum Gasteiger partial charge on any atom is -0.491 e. The van der Waals surface area contributed by atoms with Crippen LogP contribution in [0, 0.1) is 0 Å². The number of nitrogens with two attached hydrogens (primary N) is 1. The summed E-state index contributed by atoms with van der Waals surface area (Å²) in [6.45, 7) is 3.77. The van der Waals surface area contributed by atoms with Crippen molar-refractivity contribution in [2.75, 3.05) is 6.54 Å². The summed E-state index contributed by atoms with van der Waals surface area (Å²) in [4.78, 5) is 0. The quantitative estimate of drug-likeness (QED) is 0.693. The molecule has 0 spiro atoms. The Morgan fingerprint density at radius 2 is 2.18 bits per heavy atom. The average Bonchev–Trinajstić information content (AvgIpc) is 2.28. The van der Waals surface area contributed by atoms with Crippen LogP contribution in [0.3, 0.4) is 0 Å². The first-order valence-corrected chi connectivity index (χ1v) is 5.76. The number of aliphatic hydroxyl groups excluding tert-OH is 1. The first kappa shape index (κ1) is 14.0. The minimum atomic E-state index is -0.909. The average molecular weight is 239 g/mol. The third-order valence-corrected chi connectivity index (χ3v) is 2.59. The second-order valence-corrected chi connectivity index (χ2v) is 4.64. The van der Waals surface area contributed by atoms with Gasteiger partial charge in [-0.25, -0.2) is 0 Å². The molecule has 0 saturated heterocycles. The molecular weight excluding hydrogens is 218 g/mol. The molecule has 4 heteroatoms. The highest BCUT2D eigenvalue weighted by atomic mass is 16.5. The van der Waals surface area contributed by atoms with Gasteiger partial charge in [-0.05, 0) is 31.5 Å². The second-order valence-electron chi connectivity index (χ2n) is 4.64. The molecule has 4 nitrogen and oxygen atoms in total. The topological polar surface area (TPSA) is 75.7 Å². The highest BCUT2D eigenvalue weighted by Gasteiger charge is 2.22. The molecule has 0 aliphatic heterocycles. The zero-order chi connectivity index (χ0) is 12.9. The van der Waals surface area contributed by atoms with Gasteiger partial charge in [0.2, 0.25) is 0 Å². The van der Waals surface area contributed by atoms with Crippen molar-refractivity contribution < 1.29 is 14.9 Å². The van der Waals surface area contributed by atoms with E-state index in [0.29, 0.717) is 12.2 Å². The molecule has 0 heterocycles. The lowest BCUT2D eigenvalue weighted by Crippen LogP contribution is -2.38. The van der Waals surface area contributed by atoms with Crippen molar-refractivity contribution in [1.29, 1.82) is 0 Å². The molecule has 0 radical (unpaired) electrons. The third-order valence-electron chi connectivity index (χ3n) is 2.59. The van der Waals surface area contributed by atoms with Crippen LogP contribution in [0.15, 0.2) is 24.3 Å². The largest absolute Gasteiger partial charge is 0.491 e. The Morgan fingerprint density at radius 1 is 1.47 bits per heavy atom. The summed E-state index contributed by atoms with van der Waals surface area (Å²) in [5.41, 5.74) is 5.35. The SMILES string of the molecule is CC(CC(C)(O)CN)Oc1cccc(CO)c1. The van der Waals surface area contributed by atoms with E-state index in [1.807, 2.05) is 25.1 Å². The van der Waals surface area contributed by atoms with Crippen LogP contribution < -0.4 is 10.5 Å². The monoisotopic (exact) mass is 239 g/mol. The van der Waals surface area contributed by atoms with E-state index >= 15 is 0 Å². The zero-order valence-corrected chi connectivity index (χ0v) is 10.4. The van der Waals surface area contributed by atoms with Gasteiger partial charge in [-0.3, -0.25) is 0 Å². The van der Waals surface area contributed by atoms with Crippen LogP contribution in [0.25, 0.3) is 0 Å². The summed E-state index contributed by atoms with van der Waals surface area (Å²) in [6, 6.07) is 7.27. The summed E-state index contributed by atoms with van der Waals surface area (Å²) >= 11 is 0. The Kier molecular flexibility index (Phi) is 4.93. The van der Waals surface area contributed by atoms with Gasteiger partial charge in [0.05, 0.1) is 18.3 Å². The maximum Gasteiger partial charge on any atom is 0.120 e. The number of ether oxygens (including phenoxy) is 1. The molecule has 0 saturated carbocycles. The van der Waals surface area contributed by atoms with E-state index in [0.717, 1.165) is 5.56 Å². The third kappa shape index (κ3) is 4.73. The van der Waals surface area contributed by atoms with Gasteiger partial charge in [0, 0.05) is 13.0 Å². The number of aliphatic hydroxyl groups is 2. The van der Waals surface area contributed by atoms with E-state index in [-0.39, 0.29) is 19.3 Å². The smallest absolute Gasteiger partial charge is 0.120 e. The Labute approximate surface area is 102 Å². The molecule has 1 rings (SSSR count). The van der Waals surface area contributed by atoms with Gasteiger partial charge in [0.15, 0.2) is 0 Å². The van der Waals surface area contributed by atoms with E-state index in [9.17, 15) is 5.11 Å². The minimum absolute atomic E-state index is 0.00784. The van der Waals surface area contributed by atoms with E-state index in [2.05, 4.69) is 0 Å². The Balaban J connectivity index is 2.58. The highest BCUT2D eigenvalue weighted by molar-refractivity contribution is 5.28. The summed E-state index contributed by atoms with van der Waals surface area (Å²) < 4.78 is 5.67. The predicted molar refractivity (Wildman–Crippen MR) is 66.8 cm³/mol. The Morgan fingerprint density at radius 3 is 2.76 bits per heavy atom. The highest BCUT2D eigenvalue weighted by Crippen LogP contribution is 2.19. The molecule has 0 aromatic heterocycles. The second kappa shape index (κ2) is 6.00. The lowest BCUT2D eigenvalue weighted by atomic mass is 9.99. The van der Waals surface area contributed by atoms with Crippen LogP contribution in [0.1, 0.15) is 25.8 Å². The van der Waals surface area contributed by atoms with Gasteiger partial charge in [0.1, 0.15) is 5.75 Å². The number of hydrogen-bond donors (Lipinski definition) is 3. The number of benzene rings is 1. The van der Waals surface area contributed by atoms with Crippen LogP contribution in [0.2, 0.25) is 0 Å². The summed E-state index contributed by atoms with van der Waals surface area (Å²) in [5, 5.41) is 18.8. The van der Waals surface area contributed by atoms with Gasteiger partial charge >= 0.3 is 0 Å². The maximum absolute atomic E-state index is 9.83. The fourth-order valence-corrected chi connectivity index (χ4v) is 1.69. The fourth-order valence-electron chi connectivity index (χ4n) is 1.69. The molecule has 96 valence electrons. The van der Waals surface area contributed by atoms with Crippen molar-refractivity contribution in [3.05, 3.63) is 29.8 Å². The molecule has 1 aromatic carbocycles. The first-order chi connectivity index (χ1) is 7.96. The lowest BCUT2D eigenvalue weighted by molar-refractivity contribution is 0.0237. The molecule has 0 bridgehead atoms. The molecule has 0 amide bonds. The van der Waals surface area contributed by atoms with Gasteiger partial charge < -0.3 is 20.7 Å². The Hall–Kier alpha value is -1.10. The fraction of sp³-hybridized carbons (Fsp3) is 0.538. The first-order valence-electron chi connectivity index (χ1n) is 5.76. The predicted octanol–water partition coefficient (Wildman–Crippen LogP) is 1.05. The van der Waals surface area contributed by atoms with Crippen molar-refractivity contribution in [3.63, 3.8) is 0 Å². The van der Waals surface area contributed by atoms with Crippen molar-refractivity contribution in [2.45, 2.75) is 38.6 Å². The van der Waals surface area contributed by atoms with Crippen LogP contribution in [0.4, 0.5) is 0 Å². The normalized spacial score (nSPS) is 16.3. The lowest BCUT2D eigenvalue weighted by Gasteiger charge is -2.25. The molecule has 2 unspecified atom stereocenters. The Bertz CT molecular complexity index is 352. The molecule has 17 heavy (non-hydrogen) atoms. The maximum atomic E-state index is 9.83. The van der Waals surface area contributed by atoms with E-state index in [4.69, 9.17) is 15.6 Å². The molecule has 0 fully saturated rings. The number of hydrogen-bond acceptors (Lipinski definition) is 4. The number of rotatable bonds is 6. The van der Waals surface area contributed by atoms with Crippen LogP contribution >= 0.6 is 0 Å². The van der Waals surface area contributed by atoms with E-state index in [1.54, 1.807) is 13.0 Å². The van der Waals surface area contributed by atoms with E-state index in [1.165, 1.54) is 0 Å². The van der Waals surface area contributed by atoms with Gasteiger partial charge in [-0.1, -0.05) is 12.1 Å². The van der Waals surface area contributed by atoms with Crippen molar-refractivity contribution in [1.82, 2.24) is 0 Å². The summed E-state index contributed by atoms with van der Waals surface area (Å²) in [5.74, 6) is 0.692. The molecule has 0 aliphatic carbocycles. The van der Waals surface area contributed by atoms with Gasteiger partial charge in [-0.15, -0.1) is 0 Å². The van der Waals surface area contributed by atoms with Crippen molar-refractivity contribution in [2.24, 2.45) is 5.73 Å². The molecule has 2 atom stereocenters. The molecular formula is C13H21NO3.